The highest BCUT2D eigenvalue weighted by atomic mass is 19.4. The molecule has 0 aromatic carbocycles. The van der Waals surface area contributed by atoms with Crippen LogP contribution in [-0.2, 0) is 12.4 Å². The summed E-state index contributed by atoms with van der Waals surface area (Å²) in [6.45, 7) is 0. The molecule has 0 saturated heterocycles. The molecule has 0 aliphatic heterocycles. The van der Waals surface area contributed by atoms with Crippen molar-refractivity contribution in [2.75, 3.05) is 0 Å². The van der Waals surface area contributed by atoms with Crippen LogP contribution in [-0.4, -0.2) is 18.8 Å². The molecule has 3 rings (SSSR count). The molecule has 0 amide bonds. The molecule has 0 bridgehead atoms. The molecule has 3 aromatic rings. The predicted molar refractivity (Wildman–Crippen MR) is 57.7 cm³/mol. The first kappa shape index (κ1) is 14.3. The maximum atomic E-state index is 13.1. The third kappa shape index (κ3) is 1.76. The minimum absolute atomic E-state index is 0.0798. The summed E-state index contributed by atoms with van der Waals surface area (Å²) in [6, 6.07) is 0. The van der Waals surface area contributed by atoms with Crippen molar-refractivity contribution in [3.8, 4) is 0 Å². The summed E-state index contributed by atoms with van der Waals surface area (Å²) < 4.78 is 78.6. The highest BCUT2D eigenvalue weighted by molar-refractivity contribution is 5.64. The van der Waals surface area contributed by atoms with E-state index in [2.05, 4.69) is 9.97 Å². The van der Waals surface area contributed by atoms with Crippen molar-refractivity contribution in [1.82, 2.24) is 18.8 Å². The first-order chi connectivity index (χ1) is 10.0. The second-order valence-electron chi connectivity index (χ2n) is 4.23. The Morgan fingerprint density at radius 2 is 1.05 bits per heavy atom. The Morgan fingerprint density at radius 1 is 0.727 bits per heavy atom. The lowest BCUT2D eigenvalue weighted by molar-refractivity contribution is -0.145. The zero-order chi connectivity index (χ0) is 16.4. The topological polar surface area (TPSA) is 68.7 Å². The first-order valence-corrected chi connectivity index (χ1v) is 5.42. The van der Waals surface area contributed by atoms with E-state index in [1.807, 2.05) is 0 Å². The monoisotopic (exact) mass is 324 g/mol. The molecule has 6 nitrogen and oxygen atoms in total. The Kier molecular flexibility index (Phi) is 2.57. The largest absolute Gasteiger partial charge is 0.434 e. The third-order valence-corrected chi connectivity index (χ3v) is 2.94. The number of halogens is 6. The van der Waals surface area contributed by atoms with Crippen LogP contribution < -0.4 is 11.1 Å². The van der Waals surface area contributed by atoms with E-state index in [1.165, 1.54) is 0 Å². The number of aromatic nitrogens is 4. The van der Waals surface area contributed by atoms with Crippen LogP contribution in [0.25, 0.3) is 11.0 Å². The van der Waals surface area contributed by atoms with Gasteiger partial charge in [-0.25, -0.2) is 0 Å². The summed E-state index contributed by atoms with van der Waals surface area (Å²) in [7, 11) is 0. The average Bonchev–Trinajstić information content (AvgIpc) is 2.89. The van der Waals surface area contributed by atoms with Crippen molar-refractivity contribution in [3.05, 3.63) is 44.8 Å². The summed E-state index contributed by atoms with van der Waals surface area (Å²) >= 11 is 0. The Balaban J connectivity index is 2.76. The van der Waals surface area contributed by atoms with Crippen LogP contribution in [0, 0.1) is 0 Å². The van der Waals surface area contributed by atoms with Gasteiger partial charge in [-0.05, 0) is 0 Å². The van der Waals surface area contributed by atoms with Crippen molar-refractivity contribution in [2.24, 2.45) is 0 Å². The highest BCUT2D eigenvalue weighted by Crippen LogP contribution is 2.37. The van der Waals surface area contributed by atoms with E-state index in [0.29, 0.717) is 12.7 Å². The van der Waals surface area contributed by atoms with Gasteiger partial charge in [-0.15, -0.1) is 0 Å². The van der Waals surface area contributed by atoms with Crippen molar-refractivity contribution in [1.29, 1.82) is 0 Å². The first-order valence-electron chi connectivity index (χ1n) is 5.42. The average molecular weight is 324 g/mol. The number of fused-ring (bicyclic) bond motifs is 2. The van der Waals surface area contributed by atoms with Crippen molar-refractivity contribution in [2.45, 2.75) is 12.4 Å². The minimum atomic E-state index is -5.20. The van der Waals surface area contributed by atoms with Gasteiger partial charge in [0.25, 0.3) is 11.1 Å². The summed E-state index contributed by atoms with van der Waals surface area (Å²) in [4.78, 5) is 28.8. The molecule has 0 unspecified atom stereocenters. The third-order valence-electron chi connectivity index (χ3n) is 2.94. The molecule has 0 saturated carbocycles. The zero-order valence-corrected chi connectivity index (χ0v) is 10.0. The van der Waals surface area contributed by atoms with Gasteiger partial charge in [-0.2, -0.15) is 36.3 Å². The summed E-state index contributed by atoms with van der Waals surface area (Å²) in [6.07, 6.45) is -9.81. The van der Waals surface area contributed by atoms with Crippen LogP contribution in [0.1, 0.15) is 11.4 Å². The Hall–Kier alpha value is -2.66. The van der Waals surface area contributed by atoms with Gasteiger partial charge in [0.15, 0.2) is 11.4 Å². The lowest BCUT2D eigenvalue weighted by atomic mass is 10.2. The fourth-order valence-electron chi connectivity index (χ4n) is 2.20. The number of imidazole rings is 2. The number of hydrogen-bond acceptors (Lipinski definition) is 4. The molecule has 0 N–H and O–H groups in total. The standard InChI is InChI=1S/C10H2F6N4O2/c11-9(12,13)5-4-8(22)18-2-20(4)6(10(14,15)16)3-7(21)17-1-19(3)5/h1-2H. The van der Waals surface area contributed by atoms with E-state index in [9.17, 15) is 35.9 Å². The van der Waals surface area contributed by atoms with Crippen LogP contribution in [0.4, 0.5) is 26.3 Å². The predicted octanol–water partition coefficient (Wildman–Crippen LogP) is 1.18. The van der Waals surface area contributed by atoms with Crippen molar-refractivity contribution >= 4 is 11.0 Å². The number of alkyl halides is 6. The van der Waals surface area contributed by atoms with Gasteiger partial charge in [-0.1, -0.05) is 0 Å². The maximum absolute atomic E-state index is 13.1. The van der Waals surface area contributed by atoms with E-state index in [0.717, 1.165) is 0 Å². The summed E-state index contributed by atoms with van der Waals surface area (Å²) in [5.41, 5.74) is -9.14. The zero-order valence-electron chi connectivity index (χ0n) is 10.0. The maximum Gasteiger partial charge on any atom is 0.434 e. The molecule has 0 radical (unpaired) electrons. The van der Waals surface area contributed by atoms with Crippen LogP contribution in [0.15, 0.2) is 22.2 Å². The van der Waals surface area contributed by atoms with Crippen LogP contribution in [0.2, 0.25) is 0 Å². The van der Waals surface area contributed by atoms with Gasteiger partial charge in [0, 0.05) is 0 Å². The smallest absolute Gasteiger partial charge is 0.287 e. The van der Waals surface area contributed by atoms with Gasteiger partial charge in [0.1, 0.15) is 23.7 Å². The van der Waals surface area contributed by atoms with Gasteiger partial charge < -0.3 is 0 Å². The molecule has 0 aliphatic rings. The lowest BCUT2D eigenvalue weighted by Gasteiger charge is -2.16. The summed E-state index contributed by atoms with van der Waals surface area (Å²) in [5.74, 6) is 0. The fraction of sp³-hybridized carbons (Fsp3) is 0.200. The van der Waals surface area contributed by atoms with Gasteiger partial charge in [-0.3, -0.25) is 18.4 Å². The van der Waals surface area contributed by atoms with E-state index >= 15 is 0 Å². The lowest BCUT2D eigenvalue weighted by Crippen LogP contribution is -2.24. The Labute approximate surface area is 114 Å². The molecule has 116 valence electrons. The molecule has 0 fully saturated rings. The van der Waals surface area contributed by atoms with Crippen LogP contribution in [0.5, 0.6) is 0 Å². The minimum Gasteiger partial charge on any atom is -0.287 e. The Morgan fingerprint density at radius 3 is 1.32 bits per heavy atom. The quantitative estimate of drug-likeness (QED) is 0.582. The number of hydrogen-bond donors (Lipinski definition) is 0. The van der Waals surface area contributed by atoms with Crippen molar-refractivity contribution in [3.63, 3.8) is 0 Å². The number of nitrogens with zero attached hydrogens (tertiary/aromatic N) is 4. The molecule has 0 spiro atoms. The highest BCUT2D eigenvalue weighted by Gasteiger charge is 2.44. The second kappa shape index (κ2) is 3.96. The molecule has 22 heavy (non-hydrogen) atoms. The second-order valence-corrected chi connectivity index (χ2v) is 4.23. The Bertz CT molecular complexity index is 917. The molecule has 0 atom stereocenters. The van der Waals surface area contributed by atoms with E-state index < -0.39 is 45.9 Å². The molecular weight excluding hydrogens is 322 g/mol. The van der Waals surface area contributed by atoms with E-state index in [1.54, 1.807) is 0 Å². The molecule has 3 aromatic heterocycles. The SMILES string of the molecule is O=c1ncn2c(C(F)(F)F)c3c(=O)ncn3c(C(F)(F)F)c12. The van der Waals surface area contributed by atoms with Gasteiger partial charge in [0.2, 0.25) is 0 Å². The molecule has 12 heteroatoms. The van der Waals surface area contributed by atoms with Crippen molar-refractivity contribution < 1.29 is 26.3 Å². The fourth-order valence-corrected chi connectivity index (χ4v) is 2.20. The van der Waals surface area contributed by atoms with Crippen LogP contribution in [0.3, 0.4) is 0 Å². The van der Waals surface area contributed by atoms with Gasteiger partial charge in [0.05, 0.1) is 0 Å². The molecule has 3 heterocycles. The van der Waals surface area contributed by atoms with Gasteiger partial charge >= 0.3 is 12.4 Å². The summed E-state index contributed by atoms with van der Waals surface area (Å²) in [5, 5.41) is 0. The molecular formula is C10H2F6N4O2. The number of rotatable bonds is 0. The van der Waals surface area contributed by atoms with E-state index in [4.69, 9.17) is 0 Å². The van der Waals surface area contributed by atoms with E-state index in [-0.39, 0.29) is 8.80 Å². The normalized spacial score (nSPS) is 13.4. The molecule has 0 aliphatic carbocycles. The van der Waals surface area contributed by atoms with Crippen LogP contribution >= 0.6 is 0 Å².